The van der Waals surface area contributed by atoms with E-state index in [2.05, 4.69) is 30.5 Å². The zero-order valence-corrected chi connectivity index (χ0v) is 19.7. The second-order valence-electron chi connectivity index (χ2n) is 9.87. The van der Waals surface area contributed by atoms with Crippen LogP contribution in [-0.4, -0.2) is 23.2 Å². The Morgan fingerprint density at radius 2 is 1.79 bits per heavy atom. The quantitative estimate of drug-likeness (QED) is 0.490. The molecule has 1 aliphatic rings. The van der Waals surface area contributed by atoms with E-state index in [1.54, 1.807) is 18.2 Å². The Morgan fingerprint density at radius 1 is 1.09 bits per heavy atom. The average molecular weight is 480 g/mol. The van der Waals surface area contributed by atoms with Gasteiger partial charge in [-0.2, -0.15) is 13.2 Å². The first-order valence-corrected chi connectivity index (χ1v) is 12.5. The van der Waals surface area contributed by atoms with Crippen LogP contribution in [0.5, 0.6) is 0 Å². The lowest BCUT2D eigenvalue weighted by atomic mass is 9.97. The Morgan fingerprint density at radius 3 is 2.39 bits per heavy atom. The lowest BCUT2D eigenvalue weighted by Crippen LogP contribution is -2.38. The summed E-state index contributed by atoms with van der Waals surface area (Å²) in [6.07, 6.45) is -0.380. The molecular formula is C24H28F3N3O2S. The molecule has 1 aliphatic carbocycles. The molecule has 0 unspecified atom stereocenters. The van der Waals surface area contributed by atoms with Crippen LogP contribution < -0.4 is 4.72 Å². The molecule has 1 fully saturated rings. The van der Waals surface area contributed by atoms with Gasteiger partial charge in [0.05, 0.1) is 16.5 Å². The molecule has 5 nitrogen and oxygen atoms in total. The largest absolute Gasteiger partial charge is 0.417 e. The van der Waals surface area contributed by atoms with Crippen LogP contribution in [0.3, 0.4) is 0 Å². The second kappa shape index (κ2) is 8.43. The number of aromatic nitrogens is 2. The molecule has 1 N–H and O–H groups in total. The molecule has 1 aromatic carbocycles. The Hall–Kier alpha value is -2.39. The minimum atomic E-state index is -4.49. The van der Waals surface area contributed by atoms with Gasteiger partial charge in [-0.25, -0.2) is 18.1 Å². The normalized spacial score (nSPS) is 15.7. The first kappa shape index (κ1) is 23.8. The maximum Gasteiger partial charge on any atom is 0.417 e. The minimum Gasteiger partial charge on any atom is -0.332 e. The first-order chi connectivity index (χ1) is 15.4. The molecule has 0 aliphatic heterocycles. The summed E-state index contributed by atoms with van der Waals surface area (Å²) in [4.78, 5) is 4.62. The Bertz CT molecular complexity index is 1270. The molecule has 0 amide bonds. The average Bonchev–Trinajstić information content (AvgIpc) is 2.99. The van der Waals surface area contributed by atoms with Crippen molar-refractivity contribution in [2.45, 2.75) is 64.5 Å². The van der Waals surface area contributed by atoms with E-state index in [1.165, 1.54) is 12.1 Å². The molecule has 0 spiro atoms. The summed E-state index contributed by atoms with van der Waals surface area (Å²) in [5, 5.41) is 0.382. The van der Waals surface area contributed by atoms with Crippen molar-refractivity contribution in [1.82, 2.24) is 14.3 Å². The smallest absolute Gasteiger partial charge is 0.332 e. The van der Waals surface area contributed by atoms with Gasteiger partial charge in [0.15, 0.2) is 0 Å². The number of sulfonamides is 1. The predicted octanol–water partition coefficient (Wildman–Crippen LogP) is 5.74. The summed E-state index contributed by atoms with van der Waals surface area (Å²) in [6.45, 7) is 6.87. The Balaban J connectivity index is 1.76. The summed E-state index contributed by atoms with van der Waals surface area (Å²) in [7, 11) is -3.39. The number of nitrogens with one attached hydrogen (secondary N) is 1. The topological polar surface area (TPSA) is 64.0 Å². The number of alkyl halides is 3. The van der Waals surface area contributed by atoms with Crippen LogP contribution in [-0.2, 0) is 29.3 Å². The fraction of sp³-hybridized carbons (Fsp3) is 0.458. The van der Waals surface area contributed by atoms with E-state index < -0.39 is 21.8 Å². The van der Waals surface area contributed by atoms with Gasteiger partial charge in [-0.1, -0.05) is 45.4 Å². The van der Waals surface area contributed by atoms with Gasteiger partial charge in [0.25, 0.3) is 0 Å². The van der Waals surface area contributed by atoms with E-state index in [0.717, 1.165) is 23.4 Å². The maximum absolute atomic E-state index is 13.6. The van der Waals surface area contributed by atoms with Crippen molar-refractivity contribution in [2.24, 2.45) is 5.41 Å². The molecule has 0 bridgehead atoms. The van der Waals surface area contributed by atoms with E-state index >= 15 is 0 Å². The third-order valence-electron chi connectivity index (χ3n) is 5.91. The van der Waals surface area contributed by atoms with Crippen LogP contribution in [0.4, 0.5) is 13.2 Å². The number of hydrogen-bond donors (Lipinski definition) is 1. The monoisotopic (exact) mass is 479 g/mol. The second-order valence-corrected chi connectivity index (χ2v) is 11.9. The first-order valence-electron chi connectivity index (χ1n) is 11.0. The highest BCUT2D eigenvalue weighted by Gasteiger charge is 2.34. The number of benzene rings is 1. The van der Waals surface area contributed by atoms with Gasteiger partial charge in [-0.15, -0.1) is 0 Å². The van der Waals surface area contributed by atoms with Crippen LogP contribution in [0.2, 0.25) is 0 Å². The fourth-order valence-corrected chi connectivity index (χ4v) is 5.64. The highest BCUT2D eigenvalue weighted by molar-refractivity contribution is 7.90. The number of hydrogen-bond acceptors (Lipinski definition) is 3. The van der Waals surface area contributed by atoms with Crippen molar-refractivity contribution < 1.29 is 21.6 Å². The number of pyridine rings is 1. The summed E-state index contributed by atoms with van der Waals surface area (Å²) < 4.78 is 70.3. The Kier molecular flexibility index (Phi) is 6.07. The van der Waals surface area contributed by atoms with Crippen molar-refractivity contribution in [1.29, 1.82) is 0 Å². The molecule has 178 valence electrons. The number of nitrogens with zero attached hydrogens (tertiary/aromatic N) is 2. The van der Waals surface area contributed by atoms with Crippen molar-refractivity contribution in [3.63, 3.8) is 0 Å². The van der Waals surface area contributed by atoms with E-state index in [0.29, 0.717) is 25.0 Å². The number of rotatable bonds is 6. The van der Waals surface area contributed by atoms with Gasteiger partial charge in [0.1, 0.15) is 5.65 Å². The fourth-order valence-electron chi connectivity index (χ4n) is 4.09. The van der Waals surface area contributed by atoms with E-state index in [-0.39, 0.29) is 28.5 Å². The van der Waals surface area contributed by atoms with Crippen molar-refractivity contribution in [2.75, 3.05) is 0 Å². The molecule has 2 heterocycles. The van der Waals surface area contributed by atoms with Gasteiger partial charge in [-0.05, 0) is 42.0 Å². The molecule has 4 rings (SSSR count). The third-order valence-corrected chi connectivity index (χ3v) is 7.81. The molecule has 3 aromatic rings. The van der Waals surface area contributed by atoms with Crippen LogP contribution in [0.1, 0.15) is 51.2 Å². The van der Waals surface area contributed by atoms with Crippen molar-refractivity contribution >= 4 is 21.1 Å². The highest BCUT2D eigenvalue weighted by Crippen LogP contribution is 2.37. The molecule has 2 aromatic heterocycles. The number of halogens is 3. The van der Waals surface area contributed by atoms with Gasteiger partial charge in [0, 0.05) is 30.2 Å². The summed E-state index contributed by atoms with van der Waals surface area (Å²) >= 11 is 0. The van der Waals surface area contributed by atoms with Crippen LogP contribution in [0.25, 0.3) is 22.3 Å². The van der Waals surface area contributed by atoms with Gasteiger partial charge in [-0.3, -0.25) is 0 Å². The van der Waals surface area contributed by atoms with E-state index in [4.69, 9.17) is 0 Å². The van der Waals surface area contributed by atoms with Gasteiger partial charge >= 0.3 is 6.18 Å². The lowest BCUT2D eigenvalue weighted by Gasteiger charge is -2.25. The van der Waals surface area contributed by atoms with Crippen LogP contribution in [0, 0.1) is 5.41 Å². The van der Waals surface area contributed by atoms with Crippen LogP contribution in [0.15, 0.2) is 42.6 Å². The highest BCUT2D eigenvalue weighted by atomic mass is 32.2. The Labute approximate surface area is 192 Å². The molecule has 9 heteroatoms. The lowest BCUT2D eigenvalue weighted by molar-refractivity contribution is -0.137. The summed E-state index contributed by atoms with van der Waals surface area (Å²) in [5.41, 5.74) is 0.681. The molecular weight excluding hydrogens is 451 g/mol. The minimum absolute atomic E-state index is 0.0163. The predicted molar refractivity (Wildman–Crippen MR) is 123 cm³/mol. The maximum atomic E-state index is 13.6. The van der Waals surface area contributed by atoms with Crippen LogP contribution >= 0.6 is 0 Å². The molecule has 0 atom stereocenters. The molecule has 0 radical (unpaired) electrons. The van der Waals surface area contributed by atoms with Crippen molar-refractivity contribution in [3.8, 4) is 11.3 Å². The SMILES string of the molecule is CC(C)(C)Cn1cc(CNS(=O)(=O)C2CCC2)c2ccc(-c3ccccc3C(F)(F)F)nc21. The van der Waals surface area contributed by atoms with E-state index in [1.807, 2.05) is 10.8 Å². The zero-order chi connectivity index (χ0) is 24.0. The van der Waals surface area contributed by atoms with Crippen molar-refractivity contribution in [3.05, 3.63) is 53.7 Å². The molecule has 1 saturated carbocycles. The van der Waals surface area contributed by atoms with Gasteiger partial charge in [0.2, 0.25) is 10.0 Å². The summed E-state index contributed by atoms with van der Waals surface area (Å²) in [5.74, 6) is 0. The zero-order valence-electron chi connectivity index (χ0n) is 18.9. The third kappa shape index (κ3) is 5.09. The van der Waals surface area contributed by atoms with E-state index in [9.17, 15) is 21.6 Å². The number of fused-ring (bicyclic) bond motifs is 1. The standard InChI is InChI=1S/C24H28F3N3O2S/c1-23(2,3)15-30-14-16(13-28-33(31,32)17-7-6-8-17)18-11-12-21(29-22(18)30)19-9-4-5-10-20(19)24(25,26)27/h4-5,9-12,14,17,28H,6-8,13,15H2,1-3H3. The van der Waals surface area contributed by atoms with Gasteiger partial charge < -0.3 is 4.57 Å². The summed E-state index contributed by atoms with van der Waals surface area (Å²) in [6, 6.07) is 8.69. The molecule has 0 saturated heterocycles. The molecule has 33 heavy (non-hydrogen) atoms.